The van der Waals surface area contributed by atoms with Crippen molar-refractivity contribution in [2.24, 2.45) is 11.3 Å². The first-order chi connectivity index (χ1) is 10.5. The number of hydrogen-bond donors (Lipinski definition) is 1. The molecule has 0 bridgehead atoms. The highest BCUT2D eigenvalue weighted by molar-refractivity contribution is 5.93. The minimum Gasteiger partial charge on any atom is -0.377 e. The van der Waals surface area contributed by atoms with Crippen molar-refractivity contribution in [2.75, 3.05) is 6.61 Å². The van der Waals surface area contributed by atoms with Gasteiger partial charge in [-0.05, 0) is 25.5 Å². The highest BCUT2D eigenvalue weighted by Gasteiger charge is 2.59. The van der Waals surface area contributed by atoms with Gasteiger partial charge in [-0.15, -0.1) is 0 Å². The van der Waals surface area contributed by atoms with Crippen molar-refractivity contribution in [1.82, 2.24) is 14.7 Å². The summed E-state index contributed by atoms with van der Waals surface area (Å²) in [5.74, 6) is 0.351. The number of carbonyl (C=O) groups is 1. The van der Waals surface area contributed by atoms with Crippen LogP contribution in [0.3, 0.4) is 0 Å². The molecule has 2 fully saturated rings. The van der Waals surface area contributed by atoms with E-state index in [2.05, 4.69) is 24.1 Å². The molecule has 3 atom stereocenters. The smallest absolute Gasteiger partial charge is 0.271 e. The predicted octanol–water partition coefficient (Wildman–Crippen LogP) is 2.19. The summed E-state index contributed by atoms with van der Waals surface area (Å²) < 4.78 is 7.72. The summed E-state index contributed by atoms with van der Waals surface area (Å²) in [5.41, 5.74) is 2.34. The molecule has 22 heavy (non-hydrogen) atoms. The van der Waals surface area contributed by atoms with Crippen LogP contribution >= 0.6 is 0 Å². The number of aryl methyl sites for hydroxylation is 1. The van der Waals surface area contributed by atoms with Gasteiger partial charge >= 0.3 is 0 Å². The minimum absolute atomic E-state index is 0.00803. The average Bonchev–Trinajstić information content (AvgIpc) is 3.10. The maximum Gasteiger partial charge on any atom is 0.271 e. The maximum absolute atomic E-state index is 12.6. The second-order valence-electron chi connectivity index (χ2n) is 7.04. The fraction of sp³-hybridized carbons (Fsp3) is 0.529. The quantitative estimate of drug-likeness (QED) is 0.925. The van der Waals surface area contributed by atoms with E-state index in [0.29, 0.717) is 11.6 Å². The zero-order valence-electron chi connectivity index (χ0n) is 13.2. The van der Waals surface area contributed by atoms with E-state index in [9.17, 15) is 4.79 Å². The lowest BCUT2D eigenvalue weighted by atomic mass is 9.57. The van der Waals surface area contributed by atoms with E-state index in [-0.39, 0.29) is 23.5 Å². The van der Waals surface area contributed by atoms with Crippen molar-refractivity contribution in [3.8, 4) is 0 Å². The van der Waals surface area contributed by atoms with Crippen molar-refractivity contribution < 1.29 is 9.53 Å². The molecule has 1 aliphatic carbocycles. The van der Waals surface area contributed by atoms with Gasteiger partial charge in [-0.3, -0.25) is 4.79 Å². The molecule has 1 saturated heterocycles. The lowest BCUT2D eigenvalue weighted by molar-refractivity contribution is -0.108. The Hall–Kier alpha value is -1.88. The zero-order valence-corrected chi connectivity index (χ0v) is 13.2. The van der Waals surface area contributed by atoms with Gasteiger partial charge in [-0.25, -0.2) is 4.98 Å². The Balaban J connectivity index is 1.58. The SMILES string of the molecule is Cc1cccc2nc(C(=O)N[C@@H]3[C@@H]4CCO[C@H]4C3(C)C)cn12. The first-order valence-corrected chi connectivity index (χ1v) is 7.85. The normalized spacial score (nSPS) is 29.1. The number of fused-ring (bicyclic) bond motifs is 2. The van der Waals surface area contributed by atoms with Crippen LogP contribution in [0, 0.1) is 18.3 Å². The molecule has 5 heteroatoms. The largest absolute Gasteiger partial charge is 0.377 e. The molecule has 1 saturated carbocycles. The summed E-state index contributed by atoms with van der Waals surface area (Å²) in [6.07, 6.45) is 3.12. The number of rotatable bonds is 2. The van der Waals surface area contributed by atoms with E-state index in [4.69, 9.17) is 4.74 Å². The third-order valence-electron chi connectivity index (χ3n) is 5.32. The summed E-state index contributed by atoms with van der Waals surface area (Å²) >= 11 is 0. The number of nitrogens with one attached hydrogen (secondary N) is 1. The van der Waals surface area contributed by atoms with Crippen LogP contribution in [0.25, 0.3) is 5.65 Å². The predicted molar refractivity (Wildman–Crippen MR) is 82.8 cm³/mol. The second-order valence-corrected chi connectivity index (χ2v) is 7.04. The first kappa shape index (κ1) is 13.8. The molecule has 2 aliphatic rings. The molecule has 1 aliphatic heterocycles. The molecule has 2 aromatic heterocycles. The third-order valence-corrected chi connectivity index (χ3v) is 5.32. The number of pyridine rings is 1. The van der Waals surface area contributed by atoms with E-state index in [1.165, 1.54) is 0 Å². The minimum atomic E-state index is -0.0912. The summed E-state index contributed by atoms with van der Waals surface area (Å²) in [6.45, 7) is 7.14. The van der Waals surface area contributed by atoms with Gasteiger partial charge in [0.2, 0.25) is 0 Å². The summed E-state index contributed by atoms with van der Waals surface area (Å²) in [5, 5.41) is 3.18. The average molecular weight is 299 g/mol. The van der Waals surface area contributed by atoms with E-state index in [1.807, 2.05) is 35.7 Å². The summed E-state index contributed by atoms with van der Waals surface area (Å²) in [4.78, 5) is 17.0. The Kier molecular flexibility index (Phi) is 2.85. The maximum atomic E-state index is 12.6. The lowest BCUT2D eigenvalue weighted by Gasteiger charge is -2.54. The van der Waals surface area contributed by atoms with Crippen LogP contribution < -0.4 is 5.32 Å². The molecule has 0 unspecified atom stereocenters. The van der Waals surface area contributed by atoms with Crippen LogP contribution in [-0.4, -0.2) is 34.0 Å². The number of nitrogens with zero attached hydrogens (tertiary/aromatic N) is 2. The Morgan fingerprint density at radius 3 is 3.05 bits per heavy atom. The van der Waals surface area contributed by atoms with Crippen LogP contribution in [-0.2, 0) is 4.74 Å². The van der Waals surface area contributed by atoms with Gasteiger partial charge in [0, 0.05) is 35.9 Å². The van der Waals surface area contributed by atoms with Crippen molar-refractivity contribution in [2.45, 2.75) is 39.3 Å². The first-order valence-electron chi connectivity index (χ1n) is 7.85. The van der Waals surface area contributed by atoms with Crippen LogP contribution in [0.5, 0.6) is 0 Å². The number of ether oxygens (including phenoxy) is 1. The van der Waals surface area contributed by atoms with Crippen molar-refractivity contribution in [3.63, 3.8) is 0 Å². The number of imidazole rings is 1. The highest BCUT2D eigenvalue weighted by atomic mass is 16.5. The standard InChI is InChI=1S/C17H21N3O2/c1-10-5-4-6-13-18-12(9-20(10)13)16(21)19-14-11-7-8-22-15(11)17(14,2)3/h4-6,9,11,14-15H,7-8H2,1-3H3,(H,19,21)/t11-,14+,15+/m0/s1. The number of hydrogen-bond acceptors (Lipinski definition) is 3. The number of amides is 1. The molecular formula is C17H21N3O2. The lowest BCUT2D eigenvalue weighted by Crippen LogP contribution is -2.66. The van der Waals surface area contributed by atoms with E-state index in [1.54, 1.807) is 0 Å². The Labute approximate surface area is 129 Å². The second kappa shape index (κ2) is 4.56. The van der Waals surface area contributed by atoms with E-state index >= 15 is 0 Å². The van der Waals surface area contributed by atoms with Gasteiger partial charge in [0.1, 0.15) is 11.3 Å². The van der Waals surface area contributed by atoms with Gasteiger partial charge in [0.05, 0.1) is 6.10 Å². The number of carbonyl (C=O) groups excluding carboxylic acids is 1. The molecular weight excluding hydrogens is 278 g/mol. The topological polar surface area (TPSA) is 55.6 Å². The molecule has 1 amide bonds. The summed E-state index contributed by atoms with van der Waals surface area (Å²) in [6, 6.07) is 6.04. The zero-order chi connectivity index (χ0) is 15.5. The molecule has 0 aromatic carbocycles. The van der Waals surface area contributed by atoms with Crippen LogP contribution in [0.4, 0.5) is 0 Å². The van der Waals surface area contributed by atoms with Crippen LogP contribution in [0.15, 0.2) is 24.4 Å². The molecule has 4 rings (SSSR count). The third kappa shape index (κ3) is 1.81. The van der Waals surface area contributed by atoms with Gasteiger partial charge in [-0.1, -0.05) is 19.9 Å². The molecule has 2 aromatic rings. The fourth-order valence-corrected chi connectivity index (χ4v) is 4.09. The van der Waals surface area contributed by atoms with Crippen molar-refractivity contribution in [3.05, 3.63) is 35.8 Å². The van der Waals surface area contributed by atoms with Gasteiger partial charge in [-0.2, -0.15) is 0 Å². The van der Waals surface area contributed by atoms with E-state index in [0.717, 1.165) is 24.4 Å². The molecule has 0 spiro atoms. The number of aromatic nitrogens is 2. The monoisotopic (exact) mass is 299 g/mol. The molecule has 0 radical (unpaired) electrons. The van der Waals surface area contributed by atoms with Crippen molar-refractivity contribution in [1.29, 1.82) is 0 Å². The Morgan fingerprint density at radius 2 is 2.27 bits per heavy atom. The van der Waals surface area contributed by atoms with Gasteiger partial charge in [0.25, 0.3) is 5.91 Å². The van der Waals surface area contributed by atoms with Gasteiger partial charge in [0.15, 0.2) is 0 Å². The molecule has 5 nitrogen and oxygen atoms in total. The van der Waals surface area contributed by atoms with Gasteiger partial charge < -0.3 is 14.5 Å². The Bertz CT molecular complexity index is 749. The highest BCUT2D eigenvalue weighted by Crippen LogP contribution is 2.52. The van der Waals surface area contributed by atoms with E-state index < -0.39 is 0 Å². The molecule has 1 N–H and O–H groups in total. The Morgan fingerprint density at radius 1 is 1.45 bits per heavy atom. The fourth-order valence-electron chi connectivity index (χ4n) is 4.09. The van der Waals surface area contributed by atoms with Crippen molar-refractivity contribution >= 4 is 11.6 Å². The molecule has 116 valence electrons. The van der Waals surface area contributed by atoms with Crippen LogP contribution in [0.2, 0.25) is 0 Å². The molecule has 3 heterocycles. The van der Waals surface area contributed by atoms with Crippen LogP contribution in [0.1, 0.15) is 36.5 Å². The summed E-state index contributed by atoms with van der Waals surface area (Å²) in [7, 11) is 0.